The van der Waals surface area contributed by atoms with Crippen LogP contribution >= 0.6 is 0 Å². The van der Waals surface area contributed by atoms with Crippen molar-refractivity contribution in [3.63, 3.8) is 0 Å². The largest absolute Gasteiger partial charge is 0.306 e. The Balaban J connectivity index is 2.34. The van der Waals surface area contributed by atoms with Crippen molar-refractivity contribution in [2.24, 2.45) is 0 Å². The van der Waals surface area contributed by atoms with Crippen molar-refractivity contribution in [1.82, 2.24) is 10.0 Å². The summed E-state index contributed by atoms with van der Waals surface area (Å²) in [5, 5.41) is 2.90. The zero-order valence-electron chi connectivity index (χ0n) is 5.87. The Bertz CT molecular complexity index is 179. The first-order chi connectivity index (χ1) is 5.20. The fourth-order valence-electron chi connectivity index (χ4n) is 1.07. The Labute approximate surface area is 67.0 Å². The number of nitrogens with one attached hydrogen (secondary N) is 2. The second kappa shape index (κ2) is 3.80. The van der Waals surface area contributed by atoms with E-state index in [-0.39, 0.29) is 6.04 Å². The van der Waals surface area contributed by atoms with Crippen LogP contribution in [0.15, 0.2) is 0 Å². The predicted octanol–water partition coefficient (Wildman–Crippen LogP) is -1.01. The van der Waals surface area contributed by atoms with Crippen LogP contribution < -0.4 is 10.0 Å². The molecule has 1 fully saturated rings. The molecule has 0 bridgehead atoms. The molecule has 1 heterocycles. The van der Waals surface area contributed by atoms with Gasteiger partial charge in [0.05, 0.1) is 6.04 Å². The van der Waals surface area contributed by atoms with Crippen molar-refractivity contribution >= 4 is 17.2 Å². The molecule has 1 aliphatic heterocycles. The van der Waals surface area contributed by atoms with Gasteiger partial charge in [0.15, 0.2) is 0 Å². The van der Waals surface area contributed by atoms with Crippen molar-refractivity contribution in [2.75, 3.05) is 6.54 Å². The highest BCUT2D eigenvalue weighted by atomic mass is 32.2. The number of rotatable bonds is 2. The van der Waals surface area contributed by atoms with Gasteiger partial charge >= 0.3 is 0 Å². The first kappa shape index (κ1) is 8.63. The van der Waals surface area contributed by atoms with Gasteiger partial charge in [-0.15, -0.1) is 0 Å². The van der Waals surface area contributed by atoms with Crippen LogP contribution in [0.25, 0.3) is 0 Å². The highest BCUT2D eigenvalue weighted by molar-refractivity contribution is 7.77. The molecular weight excluding hydrogens is 168 g/mol. The molecule has 1 amide bonds. The van der Waals surface area contributed by atoms with E-state index in [4.69, 9.17) is 4.55 Å². The van der Waals surface area contributed by atoms with Gasteiger partial charge in [-0.2, -0.15) is 0 Å². The fourth-order valence-corrected chi connectivity index (χ4v) is 1.38. The predicted molar refractivity (Wildman–Crippen MR) is 39.9 cm³/mol. The standard InChI is InChI=1S/C5H10N2O3S/c8-5(7-11(9)10)4-2-1-3-6-4/h4,6H,1-3H2,(H,7,8)(H,9,10)/t4-/m0/s1. The van der Waals surface area contributed by atoms with Gasteiger partial charge in [-0.3, -0.25) is 14.1 Å². The average molecular weight is 178 g/mol. The Hall–Kier alpha value is -0.460. The van der Waals surface area contributed by atoms with E-state index in [9.17, 15) is 9.00 Å². The van der Waals surface area contributed by atoms with Crippen LogP contribution in [-0.2, 0) is 16.1 Å². The van der Waals surface area contributed by atoms with E-state index in [2.05, 4.69) is 5.32 Å². The third-order valence-corrected chi connectivity index (χ3v) is 1.94. The van der Waals surface area contributed by atoms with Crippen LogP contribution in [-0.4, -0.2) is 27.3 Å². The summed E-state index contributed by atoms with van der Waals surface area (Å²) in [4.78, 5) is 10.9. The lowest BCUT2D eigenvalue weighted by Crippen LogP contribution is -2.40. The topological polar surface area (TPSA) is 78.4 Å². The number of carbonyl (C=O) groups is 1. The van der Waals surface area contributed by atoms with E-state index in [1.807, 2.05) is 4.72 Å². The second-order valence-electron chi connectivity index (χ2n) is 2.36. The summed E-state index contributed by atoms with van der Waals surface area (Å²) in [6.07, 6.45) is 1.68. The smallest absolute Gasteiger partial charge is 0.261 e. The summed E-state index contributed by atoms with van der Waals surface area (Å²) >= 11 is -2.23. The SMILES string of the molecule is O=C(NS(=O)O)[C@@H]1CCCN1. The van der Waals surface area contributed by atoms with E-state index >= 15 is 0 Å². The minimum Gasteiger partial charge on any atom is -0.306 e. The molecule has 64 valence electrons. The zero-order chi connectivity index (χ0) is 8.27. The van der Waals surface area contributed by atoms with Crippen molar-refractivity contribution in [1.29, 1.82) is 0 Å². The molecule has 0 spiro atoms. The van der Waals surface area contributed by atoms with Crippen molar-refractivity contribution < 1.29 is 13.6 Å². The Morgan fingerprint density at radius 1 is 1.73 bits per heavy atom. The summed E-state index contributed by atoms with van der Waals surface area (Å²) in [5.74, 6) is -0.400. The Morgan fingerprint density at radius 2 is 2.45 bits per heavy atom. The zero-order valence-corrected chi connectivity index (χ0v) is 6.69. The van der Waals surface area contributed by atoms with Crippen molar-refractivity contribution in [3.8, 4) is 0 Å². The van der Waals surface area contributed by atoms with Crippen LogP contribution in [0.1, 0.15) is 12.8 Å². The summed E-state index contributed by atoms with van der Waals surface area (Å²) < 4.78 is 20.3. The molecule has 0 aromatic heterocycles. The first-order valence-electron chi connectivity index (χ1n) is 3.35. The molecule has 0 aliphatic carbocycles. The summed E-state index contributed by atoms with van der Waals surface area (Å²) in [5.41, 5.74) is 0. The Morgan fingerprint density at radius 3 is 2.91 bits per heavy atom. The van der Waals surface area contributed by atoms with Gasteiger partial charge in [0, 0.05) is 0 Å². The van der Waals surface area contributed by atoms with Crippen LogP contribution in [0.5, 0.6) is 0 Å². The molecule has 3 N–H and O–H groups in total. The van der Waals surface area contributed by atoms with Gasteiger partial charge in [-0.05, 0) is 19.4 Å². The van der Waals surface area contributed by atoms with Crippen LogP contribution in [0.4, 0.5) is 0 Å². The van der Waals surface area contributed by atoms with Gasteiger partial charge < -0.3 is 5.32 Å². The van der Waals surface area contributed by atoms with Gasteiger partial charge in [-0.1, -0.05) is 0 Å². The number of amides is 1. The summed E-state index contributed by atoms with van der Waals surface area (Å²) in [6, 6.07) is -0.286. The highest BCUT2D eigenvalue weighted by Crippen LogP contribution is 2.04. The van der Waals surface area contributed by atoms with Gasteiger partial charge in [0.2, 0.25) is 0 Å². The molecule has 0 radical (unpaired) electrons. The van der Waals surface area contributed by atoms with Crippen LogP contribution in [0, 0.1) is 0 Å². The molecular formula is C5H10N2O3S. The number of hydrogen-bond acceptors (Lipinski definition) is 3. The monoisotopic (exact) mass is 178 g/mol. The summed E-state index contributed by atoms with van der Waals surface area (Å²) in [6.45, 7) is 0.802. The molecule has 1 rings (SSSR count). The van der Waals surface area contributed by atoms with Crippen LogP contribution in [0.2, 0.25) is 0 Å². The number of carbonyl (C=O) groups excluding carboxylic acids is 1. The van der Waals surface area contributed by atoms with Gasteiger partial charge in [0.1, 0.15) is 0 Å². The van der Waals surface area contributed by atoms with Crippen molar-refractivity contribution in [2.45, 2.75) is 18.9 Å². The van der Waals surface area contributed by atoms with Crippen LogP contribution in [0.3, 0.4) is 0 Å². The molecule has 11 heavy (non-hydrogen) atoms. The lowest BCUT2D eigenvalue weighted by atomic mass is 10.2. The first-order valence-corrected chi connectivity index (χ1v) is 4.45. The van der Waals surface area contributed by atoms with E-state index in [1.54, 1.807) is 0 Å². The minimum atomic E-state index is -2.23. The van der Waals surface area contributed by atoms with Crippen molar-refractivity contribution in [3.05, 3.63) is 0 Å². The quantitative estimate of drug-likeness (QED) is 0.473. The van der Waals surface area contributed by atoms with Gasteiger partial charge in [-0.25, -0.2) is 4.21 Å². The van der Waals surface area contributed by atoms with E-state index in [0.29, 0.717) is 0 Å². The van der Waals surface area contributed by atoms with E-state index in [0.717, 1.165) is 19.4 Å². The second-order valence-corrected chi connectivity index (χ2v) is 3.07. The lowest BCUT2D eigenvalue weighted by Gasteiger charge is -2.06. The maximum atomic E-state index is 10.9. The molecule has 1 saturated heterocycles. The summed E-state index contributed by atoms with van der Waals surface area (Å²) in [7, 11) is 0. The molecule has 0 aromatic carbocycles. The highest BCUT2D eigenvalue weighted by Gasteiger charge is 2.22. The third kappa shape index (κ3) is 2.57. The Kier molecular flexibility index (Phi) is 2.98. The molecule has 0 saturated carbocycles. The molecule has 2 atom stereocenters. The molecule has 0 aromatic rings. The lowest BCUT2D eigenvalue weighted by molar-refractivity contribution is -0.121. The average Bonchev–Trinajstić information content (AvgIpc) is 2.35. The maximum Gasteiger partial charge on any atom is 0.261 e. The molecule has 6 heteroatoms. The molecule has 1 unspecified atom stereocenters. The third-order valence-electron chi connectivity index (χ3n) is 1.56. The minimum absolute atomic E-state index is 0.286. The molecule has 5 nitrogen and oxygen atoms in total. The van der Waals surface area contributed by atoms with Gasteiger partial charge in [0.25, 0.3) is 17.2 Å². The molecule has 1 aliphatic rings. The van der Waals surface area contributed by atoms with E-state index in [1.165, 1.54) is 0 Å². The maximum absolute atomic E-state index is 10.9. The number of hydrogen-bond donors (Lipinski definition) is 3. The normalized spacial score (nSPS) is 26.5. The fraction of sp³-hybridized carbons (Fsp3) is 0.800. The van der Waals surface area contributed by atoms with E-state index < -0.39 is 17.2 Å².